The number of anilines is 1. The van der Waals surface area contributed by atoms with Crippen LogP contribution in [0.4, 0.5) is 10.5 Å². The van der Waals surface area contributed by atoms with Gasteiger partial charge in [0.05, 0.1) is 25.0 Å². The second kappa shape index (κ2) is 8.35. The third-order valence-electron chi connectivity index (χ3n) is 3.79. The standard InChI is InChI=1S/C17H25N5O2/c1-5-22-12-14(10-19-22)20-17(23)18-11-16(21(2)3)13-6-8-15(24-4)9-7-13/h6-10,12,16H,5,11H2,1-4H3,(H2,18,20,23). The second-order valence-electron chi connectivity index (χ2n) is 5.67. The molecule has 24 heavy (non-hydrogen) atoms. The Morgan fingerprint density at radius 1 is 1.33 bits per heavy atom. The van der Waals surface area contributed by atoms with Crippen molar-refractivity contribution in [1.29, 1.82) is 0 Å². The molecule has 0 aliphatic heterocycles. The number of nitrogens with zero attached hydrogens (tertiary/aromatic N) is 3. The third kappa shape index (κ3) is 4.73. The summed E-state index contributed by atoms with van der Waals surface area (Å²) in [5.74, 6) is 0.815. The molecule has 130 valence electrons. The number of aromatic nitrogens is 2. The van der Waals surface area contributed by atoms with E-state index in [1.165, 1.54) is 0 Å². The van der Waals surface area contributed by atoms with Gasteiger partial charge in [0.15, 0.2) is 0 Å². The molecule has 7 nitrogen and oxygen atoms in total. The van der Waals surface area contributed by atoms with Crippen LogP contribution in [-0.4, -0.2) is 48.5 Å². The van der Waals surface area contributed by atoms with Crippen molar-refractivity contribution in [2.24, 2.45) is 0 Å². The van der Waals surface area contributed by atoms with E-state index in [2.05, 4.69) is 20.6 Å². The molecular formula is C17H25N5O2. The number of aryl methyl sites for hydroxylation is 1. The van der Waals surface area contributed by atoms with Gasteiger partial charge in [0.25, 0.3) is 0 Å². The summed E-state index contributed by atoms with van der Waals surface area (Å²) in [4.78, 5) is 14.1. The summed E-state index contributed by atoms with van der Waals surface area (Å²) < 4.78 is 6.94. The number of carbonyl (C=O) groups is 1. The van der Waals surface area contributed by atoms with E-state index in [-0.39, 0.29) is 12.1 Å². The molecule has 0 radical (unpaired) electrons. The highest BCUT2D eigenvalue weighted by molar-refractivity contribution is 5.88. The van der Waals surface area contributed by atoms with Gasteiger partial charge in [-0.3, -0.25) is 4.68 Å². The number of ether oxygens (including phenoxy) is 1. The van der Waals surface area contributed by atoms with E-state index in [0.717, 1.165) is 17.9 Å². The van der Waals surface area contributed by atoms with Crippen LogP contribution in [0.1, 0.15) is 18.5 Å². The van der Waals surface area contributed by atoms with Crippen LogP contribution in [0.15, 0.2) is 36.7 Å². The van der Waals surface area contributed by atoms with Crippen LogP contribution in [0.5, 0.6) is 5.75 Å². The summed E-state index contributed by atoms with van der Waals surface area (Å²) in [6.45, 7) is 3.25. The molecule has 0 saturated carbocycles. The lowest BCUT2D eigenvalue weighted by atomic mass is 10.1. The molecule has 2 rings (SSSR count). The van der Waals surface area contributed by atoms with Crippen molar-refractivity contribution in [2.75, 3.05) is 33.1 Å². The van der Waals surface area contributed by atoms with E-state index in [1.54, 1.807) is 24.2 Å². The third-order valence-corrected chi connectivity index (χ3v) is 3.79. The van der Waals surface area contributed by atoms with Gasteiger partial charge in [-0.05, 0) is 38.7 Å². The average Bonchev–Trinajstić information content (AvgIpc) is 3.02. The van der Waals surface area contributed by atoms with Crippen molar-refractivity contribution in [2.45, 2.75) is 19.5 Å². The van der Waals surface area contributed by atoms with Crippen LogP contribution in [0.3, 0.4) is 0 Å². The molecule has 1 unspecified atom stereocenters. The zero-order chi connectivity index (χ0) is 17.5. The summed E-state index contributed by atoms with van der Waals surface area (Å²) in [6.07, 6.45) is 3.43. The SMILES string of the molecule is CCn1cc(NC(=O)NCC(c2ccc(OC)cc2)N(C)C)cn1. The largest absolute Gasteiger partial charge is 0.497 e. The topological polar surface area (TPSA) is 71.4 Å². The van der Waals surface area contributed by atoms with Gasteiger partial charge in [0, 0.05) is 19.3 Å². The minimum Gasteiger partial charge on any atom is -0.497 e. The molecule has 2 amide bonds. The molecule has 1 aromatic heterocycles. The maximum absolute atomic E-state index is 12.1. The molecule has 0 bridgehead atoms. The smallest absolute Gasteiger partial charge is 0.319 e. The fourth-order valence-corrected chi connectivity index (χ4v) is 2.39. The summed E-state index contributed by atoms with van der Waals surface area (Å²) in [5.41, 5.74) is 1.79. The Balaban J connectivity index is 1.93. The number of amides is 2. The van der Waals surface area contributed by atoms with Crippen LogP contribution in [-0.2, 0) is 6.54 Å². The number of hydrogen-bond acceptors (Lipinski definition) is 4. The van der Waals surface area contributed by atoms with Crippen LogP contribution in [0.2, 0.25) is 0 Å². The molecule has 1 aromatic carbocycles. The summed E-state index contributed by atoms with van der Waals surface area (Å²) in [7, 11) is 5.62. The van der Waals surface area contributed by atoms with Crippen LogP contribution < -0.4 is 15.4 Å². The van der Waals surface area contributed by atoms with E-state index in [1.807, 2.05) is 45.3 Å². The number of methoxy groups -OCH3 is 1. The normalized spacial score (nSPS) is 12.0. The van der Waals surface area contributed by atoms with Crippen molar-refractivity contribution >= 4 is 11.7 Å². The Morgan fingerprint density at radius 2 is 2.04 bits per heavy atom. The molecule has 7 heteroatoms. The maximum Gasteiger partial charge on any atom is 0.319 e. The van der Waals surface area contributed by atoms with Gasteiger partial charge in [-0.15, -0.1) is 0 Å². The molecule has 2 aromatic rings. The minimum atomic E-state index is -0.244. The fraction of sp³-hybridized carbons (Fsp3) is 0.412. The highest BCUT2D eigenvalue weighted by Gasteiger charge is 2.15. The molecule has 2 N–H and O–H groups in total. The highest BCUT2D eigenvalue weighted by Crippen LogP contribution is 2.20. The Hall–Kier alpha value is -2.54. The second-order valence-corrected chi connectivity index (χ2v) is 5.67. The number of rotatable bonds is 7. The Kier molecular flexibility index (Phi) is 6.20. The molecule has 1 heterocycles. The van der Waals surface area contributed by atoms with Gasteiger partial charge in [-0.25, -0.2) is 4.79 Å². The lowest BCUT2D eigenvalue weighted by molar-refractivity contribution is 0.243. The number of carbonyl (C=O) groups excluding carboxylic acids is 1. The Morgan fingerprint density at radius 3 is 2.58 bits per heavy atom. The number of hydrogen-bond donors (Lipinski definition) is 2. The number of benzene rings is 1. The predicted octanol–water partition coefficient (Wildman–Crippen LogP) is 2.34. The summed E-state index contributed by atoms with van der Waals surface area (Å²) in [6, 6.07) is 7.68. The first-order chi connectivity index (χ1) is 11.5. The first-order valence-electron chi connectivity index (χ1n) is 7.91. The lowest BCUT2D eigenvalue weighted by Crippen LogP contribution is -2.36. The van der Waals surface area contributed by atoms with E-state index < -0.39 is 0 Å². The van der Waals surface area contributed by atoms with Crippen molar-refractivity contribution in [3.8, 4) is 5.75 Å². The highest BCUT2D eigenvalue weighted by atomic mass is 16.5. The molecule has 0 aliphatic carbocycles. The molecular weight excluding hydrogens is 306 g/mol. The van der Waals surface area contributed by atoms with Crippen LogP contribution in [0, 0.1) is 0 Å². The van der Waals surface area contributed by atoms with Crippen molar-refractivity contribution in [3.63, 3.8) is 0 Å². The summed E-state index contributed by atoms with van der Waals surface area (Å²) in [5, 5.41) is 9.82. The maximum atomic E-state index is 12.1. The van der Waals surface area contributed by atoms with Gasteiger partial charge in [0.2, 0.25) is 0 Å². The Labute approximate surface area is 142 Å². The number of likely N-dealkylation sites (N-methyl/N-ethyl adjacent to an activating group) is 1. The number of nitrogens with one attached hydrogen (secondary N) is 2. The van der Waals surface area contributed by atoms with Crippen molar-refractivity contribution in [1.82, 2.24) is 20.0 Å². The van der Waals surface area contributed by atoms with Crippen LogP contribution >= 0.6 is 0 Å². The zero-order valence-electron chi connectivity index (χ0n) is 14.6. The quantitative estimate of drug-likeness (QED) is 0.817. The molecule has 0 fully saturated rings. The molecule has 0 saturated heterocycles. The fourth-order valence-electron chi connectivity index (χ4n) is 2.39. The van der Waals surface area contributed by atoms with Crippen LogP contribution in [0.25, 0.3) is 0 Å². The summed E-state index contributed by atoms with van der Waals surface area (Å²) >= 11 is 0. The van der Waals surface area contributed by atoms with E-state index >= 15 is 0 Å². The molecule has 0 spiro atoms. The first kappa shape index (κ1) is 17.8. The zero-order valence-corrected chi connectivity index (χ0v) is 14.6. The van der Waals surface area contributed by atoms with Crippen molar-refractivity contribution < 1.29 is 9.53 Å². The van der Waals surface area contributed by atoms with E-state index in [0.29, 0.717) is 12.2 Å². The van der Waals surface area contributed by atoms with Gasteiger partial charge in [-0.2, -0.15) is 5.10 Å². The predicted molar refractivity (Wildman–Crippen MR) is 94.3 cm³/mol. The van der Waals surface area contributed by atoms with Gasteiger partial charge < -0.3 is 20.3 Å². The number of urea groups is 1. The molecule has 1 atom stereocenters. The van der Waals surface area contributed by atoms with Gasteiger partial charge in [-0.1, -0.05) is 12.1 Å². The lowest BCUT2D eigenvalue weighted by Gasteiger charge is -2.25. The first-order valence-corrected chi connectivity index (χ1v) is 7.91. The average molecular weight is 331 g/mol. The minimum absolute atomic E-state index is 0.0695. The Bertz CT molecular complexity index is 651. The van der Waals surface area contributed by atoms with E-state index in [9.17, 15) is 4.79 Å². The van der Waals surface area contributed by atoms with Gasteiger partial charge >= 0.3 is 6.03 Å². The van der Waals surface area contributed by atoms with Crippen molar-refractivity contribution in [3.05, 3.63) is 42.2 Å². The monoisotopic (exact) mass is 331 g/mol. The van der Waals surface area contributed by atoms with Gasteiger partial charge in [0.1, 0.15) is 5.75 Å². The van der Waals surface area contributed by atoms with E-state index in [4.69, 9.17) is 4.74 Å². The molecule has 0 aliphatic rings.